The molecule has 3 aliphatic heterocycles. The van der Waals surface area contributed by atoms with E-state index < -0.39 is 0 Å². The molecule has 0 saturated carbocycles. The Morgan fingerprint density at radius 3 is 0.703 bits per heavy atom. The van der Waals surface area contributed by atoms with Gasteiger partial charge in [0.1, 0.15) is 0 Å². The van der Waals surface area contributed by atoms with Gasteiger partial charge in [-0.3, -0.25) is 0 Å². The molecule has 12 rings (SSSR count). The molecule has 0 bridgehead atoms. The molecule has 0 saturated heterocycles. The first kappa shape index (κ1) is 41.8. The van der Waals surface area contributed by atoms with E-state index in [9.17, 15) is 0 Å². The molecule has 0 amide bonds. The predicted octanol–water partition coefficient (Wildman–Crippen LogP) is 14.5. The Balaban J connectivity index is 0.000000121. The van der Waals surface area contributed by atoms with E-state index in [4.69, 9.17) is 0 Å². The van der Waals surface area contributed by atoms with Gasteiger partial charge in [0.2, 0.25) is 0 Å². The van der Waals surface area contributed by atoms with Crippen molar-refractivity contribution in [3.8, 4) is 0 Å². The SMILES string of the molecule is [Os+7].[c-]1ccccc1N1[CH-]N(c2[c-]cccc2)c2ccccc21.[c-]1ccccc1N1[CH-]N(c2ccccc2)c2ccccc21.[c-]1ccccc1N1[CH-]N(c2ccccc2)c2ccccc21. The van der Waals surface area contributed by atoms with Crippen LogP contribution in [0.15, 0.2) is 231 Å². The number of fused-ring (bicyclic) bond motifs is 3. The number of hydrogen-bond acceptors (Lipinski definition) is 6. The standard InChI is InChI=1S/2C19H14N2.C19H13N2.Os/c3*1-3-9-16(10-4-1)20-15-21(17-11-5-2-6-12-17)19-14-8-7-13-18(19)20;/h2*1-11,13-15H;1-9,11,13-15H;/q2*-2;-3;+7. The molecule has 9 aromatic carbocycles. The number of nitrogens with zero attached hydrogens (tertiary/aromatic N) is 6. The van der Waals surface area contributed by atoms with E-state index in [1.165, 1.54) is 22.7 Å². The second-order valence-electron chi connectivity index (χ2n) is 14.7. The number of benzene rings is 9. The molecule has 0 N–H and O–H groups in total. The minimum absolute atomic E-state index is 0. The number of para-hydroxylation sites is 12. The molecule has 0 aromatic heterocycles. The fourth-order valence-corrected chi connectivity index (χ4v) is 7.83. The molecule has 64 heavy (non-hydrogen) atoms. The van der Waals surface area contributed by atoms with Crippen molar-refractivity contribution < 1.29 is 19.8 Å². The molecule has 307 valence electrons. The van der Waals surface area contributed by atoms with Gasteiger partial charge in [0.15, 0.2) is 0 Å². The van der Waals surface area contributed by atoms with Gasteiger partial charge in [0, 0.05) is 45.5 Å². The van der Waals surface area contributed by atoms with Gasteiger partial charge in [-0.2, -0.15) is 121 Å². The van der Waals surface area contributed by atoms with Crippen LogP contribution in [-0.2, 0) is 19.8 Å². The van der Waals surface area contributed by atoms with Crippen LogP contribution >= 0.6 is 0 Å². The van der Waals surface area contributed by atoms with Gasteiger partial charge in [-0.15, -0.1) is 42.8 Å². The topological polar surface area (TPSA) is 19.4 Å². The fraction of sp³-hybridized carbons (Fsp3) is 0. The Morgan fingerprint density at radius 2 is 0.453 bits per heavy atom. The fourth-order valence-electron chi connectivity index (χ4n) is 7.83. The number of hydrogen-bond donors (Lipinski definition) is 0. The van der Waals surface area contributed by atoms with Gasteiger partial charge in [0.05, 0.1) is 0 Å². The molecular formula is C57H41N6Os. The third-order valence-corrected chi connectivity index (χ3v) is 10.8. The van der Waals surface area contributed by atoms with Gasteiger partial charge in [-0.05, 0) is 60.7 Å². The Hall–Kier alpha value is -7.58. The summed E-state index contributed by atoms with van der Waals surface area (Å²) in [6, 6.07) is 91.2. The van der Waals surface area contributed by atoms with Crippen molar-refractivity contribution in [2.75, 3.05) is 29.4 Å². The summed E-state index contributed by atoms with van der Waals surface area (Å²) in [4.78, 5) is 13.0. The van der Waals surface area contributed by atoms with Crippen molar-refractivity contribution >= 4 is 68.2 Å². The summed E-state index contributed by atoms with van der Waals surface area (Å²) in [6.45, 7) is 6.32. The first-order chi connectivity index (χ1) is 31.3. The quantitative estimate of drug-likeness (QED) is 0.154. The van der Waals surface area contributed by atoms with E-state index in [0.29, 0.717) is 0 Å². The van der Waals surface area contributed by atoms with Gasteiger partial charge in [-0.25, -0.2) is 0 Å². The van der Waals surface area contributed by atoms with Crippen molar-refractivity contribution in [3.63, 3.8) is 0 Å². The first-order valence-corrected chi connectivity index (χ1v) is 20.8. The van der Waals surface area contributed by atoms with Crippen LogP contribution in [-0.4, -0.2) is 0 Å². The van der Waals surface area contributed by atoms with Crippen LogP contribution in [0.3, 0.4) is 0 Å². The van der Waals surface area contributed by atoms with Crippen molar-refractivity contribution in [2.45, 2.75) is 0 Å². The zero-order chi connectivity index (χ0) is 42.2. The normalized spacial score (nSPS) is 13.1. The second-order valence-corrected chi connectivity index (χ2v) is 14.7. The second kappa shape index (κ2) is 19.6. The van der Waals surface area contributed by atoms with E-state index in [1.54, 1.807) is 0 Å². The van der Waals surface area contributed by atoms with E-state index in [1.807, 2.05) is 84.9 Å². The van der Waals surface area contributed by atoms with Crippen molar-refractivity contribution in [1.29, 1.82) is 0 Å². The molecule has 0 spiro atoms. The van der Waals surface area contributed by atoms with Crippen LogP contribution in [0.4, 0.5) is 68.2 Å². The maximum absolute atomic E-state index is 3.29. The summed E-state index contributed by atoms with van der Waals surface area (Å²) >= 11 is 0. The zero-order valence-electron chi connectivity index (χ0n) is 34.7. The van der Waals surface area contributed by atoms with Crippen LogP contribution in [0.2, 0.25) is 0 Å². The average Bonchev–Trinajstić information content (AvgIpc) is 4.09. The Kier molecular flexibility index (Phi) is 12.8. The van der Waals surface area contributed by atoms with E-state index in [-0.39, 0.29) is 19.8 Å². The third kappa shape index (κ3) is 8.72. The maximum Gasteiger partial charge on any atom is 7.00 e. The Bertz CT molecular complexity index is 2340. The predicted molar refractivity (Wildman–Crippen MR) is 259 cm³/mol. The summed E-state index contributed by atoms with van der Waals surface area (Å²) < 4.78 is 0. The van der Waals surface area contributed by atoms with E-state index in [2.05, 4.69) is 219 Å². The number of rotatable bonds is 6. The molecule has 0 aliphatic carbocycles. The third-order valence-electron chi connectivity index (χ3n) is 10.8. The monoisotopic (exact) mass is 1000 g/mol. The van der Waals surface area contributed by atoms with Gasteiger partial charge in [-0.1, -0.05) is 72.8 Å². The minimum atomic E-state index is 0. The molecule has 3 aliphatic rings. The summed E-state index contributed by atoms with van der Waals surface area (Å²) in [6.07, 6.45) is 0. The smallest absolute Gasteiger partial charge is 0.493 e. The molecule has 3 heterocycles. The van der Waals surface area contributed by atoms with Gasteiger partial charge in [0.25, 0.3) is 0 Å². The summed E-state index contributed by atoms with van der Waals surface area (Å²) in [5.74, 6) is 0. The zero-order valence-corrected chi connectivity index (χ0v) is 37.2. The summed E-state index contributed by atoms with van der Waals surface area (Å²) in [5, 5.41) is 0. The Morgan fingerprint density at radius 1 is 0.234 bits per heavy atom. The van der Waals surface area contributed by atoms with Crippen LogP contribution in [0, 0.1) is 44.3 Å². The van der Waals surface area contributed by atoms with Crippen molar-refractivity contribution in [3.05, 3.63) is 275 Å². The Labute approximate surface area is 390 Å². The number of anilines is 12. The molecule has 6 nitrogen and oxygen atoms in total. The summed E-state index contributed by atoms with van der Waals surface area (Å²) in [5.41, 5.74) is 13.5. The largest absolute Gasteiger partial charge is 7.00 e. The molecule has 9 aromatic rings. The molecule has 1 radical (unpaired) electrons. The summed E-state index contributed by atoms with van der Waals surface area (Å²) in [7, 11) is 0. The molecule has 0 unspecified atom stereocenters. The van der Waals surface area contributed by atoms with Crippen LogP contribution in [0.5, 0.6) is 0 Å². The van der Waals surface area contributed by atoms with E-state index in [0.717, 1.165) is 45.5 Å². The van der Waals surface area contributed by atoms with Crippen LogP contribution in [0.1, 0.15) is 0 Å². The molecule has 7 heteroatoms. The van der Waals surface area contributed by atoms with Crippen molar-refractivity contribution in [2.24, 2.45) is 0 Å². The van der Waals surface area contributed by atoms with Gasteiger partial charge < -0.3 is 29.4 Å². The average molecular weight is 1000 g/mol. The first-order valence-electron chi connectivity index (χ1n) is 20.8. The van der Waals surface area contributed by atoms with Crippen LogP contribution < -0.4 is 29.4 Å². The maximum atomic E-state index is 3.29. The van der Waals surface area contributed by atoms with E-state index >= 15 is 0 Å². The molecular weight excluding hydrogens is 959 g/mol. The minimum Gasteiger partial charge on any atom is -0.493 e. The van der Waals surface area contributed by atoms with Crippen LogP contribution in [0.25, 0.3) is 0 Å². The molecule has 0 atom stereocenters. The van der Waals surface area contributed by atoms with Gasteiger partial charge >= 0.3 is 19.8 Å². The van der Waals surface area contributed by atoms with Crippen molar-refractivity contribution in [1.82, 2.24) is 0 Å². The molecule has 0 fully saturated rings.